The lowest BCUT2D eigenvalue weighted by Gasteiger charge is -2.14. The Labute approximate surface area is 245 Å². The number of aliphatic hydroxyl groups excluding tert-OH is 1. The van der Waals surface area contributed by atoms with Crippen LogP contribution in [0.25, 0.3) is 0 Å². The summed E-state index contributed by atoms with van der Waals surface area (Å²) in [4.78, 5) is 25.8. The molecule has 0 saturated carbocycles. The zero-order valence-corrected chi connectivity index (χ0v) is 24.3. The van der Waals surface area contributed by atoms with Crippen LogP contribution >= 0.6 is 0 Å². The van der Waals surface area contributed by atoms with Gasteiger partial charge in [-0.1, -0.05) is 0 Å². The number of phenolic OH excluding ortho intramolecular Hbond substituents is 1. The maximum atomic E-state index is 12.9. The zero-order chi connectivity index (χ0) is 30.6. The van der Waals surface area contributed by atoms with Crippen LogP contribution < -0.4 is 18.9 Å². The Hall–Kier alpha value is -3.46. The van der Waals surface area contributed by atoms with Gasteiger partial charge in [-0.15, -0.1) is 0 Å². The summed E-state index contributed by atoms with van der Waals surface area (Å²) in [6.45, 7) is 3.83. The number of carbonyl (C=O) groups is 2. The quantitative estimate of drug-likeness (QED) is 0.103. The number of carbonyl (C=O) groups excluding carboxylic acids is 2. The first-order valence-electron chi connectivity index (χ1n) is 13.3. The number of phenols is 1. The summed E-state index contributed by atoms with van der Waals surface area (Å²) < 4.78 is 47.9. The number of rotatable bonds is 24. The van der Waals surface area contributed by atoms with Crippen molar-refractivity contribution < 1.29 is 62.4 Å². The number of ketones is 2. The molecule has 0 aliphatic carbocycles. The predicted molar refractivity (Wildman–Crippen MR) is 150 cm³/mol. The molecule has 2 rings (SSSR count). The first-order chi connectivity index (χ1) is 20.5. The summed E-state index contributed by atoms with van der Waals surface area (Å²) in [6, 6.07) is 6.86. The Morgan fingerprint density at radius 1 is 0.571 bits per heavy atom. The molecule has 0 bridgehead atoms. The van der Waals surface area contributed by atoms with Crippen molar-refractivity contribution in [3.8, 4) is 28.7 Å². The van der Waals surface area contributed by atoms with Crippen molar-refractivity contribution in [2.45, 2.75) is 0 Å². The second-order valence-corrected chi connectivity index (χ2v) is 8.39. The molecule has 0 spiro atoms. The van der Waals surface area contributed by atoms with E-state index in [1.807, 2.05) is 0 Å². The van der Waals surface area contributed by atoms with Gasteiger partial charge in [0, 0.05) is 11.1 Å². The summed E-state index contributed by atoms with van der Waals surface area (Å²) in [5.74, 6) is -1.18. The second-order valence-electron chi connectivity index (χ2n) is 8.39. The van der Waals surface area contributed by atoms with E-state index in [0.29, 0.717) is 71.0 Å². The molecule has 0 aromatic heterocycles. The monoisotopic (exact) mass is 596 g/mol. The summed E-state index contributed by atoms with van der Waals surface area (Å²) in [5.41, 5.74) is 0.0293. The largest absolute Gasteiger partial charge is 0.504 e. The molecular weight excluding hydrogens is 556 g/mol. The first-order valence-corrected chi connectivity index (χ1v) is 13.3. The lowest BCUT2D eigenvalue weighted by Crippen LogP contribution is -2.16. The minimum atomic E-state index is -0.848. The van der Waals surface area contributed by atoms with Gasteiger partial charge in [-0.05, 0) is 30.3 Å². The summed E-state index contributed by atoms with van der Waals surface area (Å²) in [6.07, 6.45) is 0. The van der Waals surface area contributed by atoms with Crippen LogP contribution in [0.1, 0.15) is 20.7 Å². The van der Waals surface area contributed by atoms with Gasteiger partial charge in [0.05, 0.1) is 94.0 Å². The van der Waals surface area contributed by atoms with Gasteiger partial charge in [0.15, 0.2) is 23.0 Å². The van der Waals surface area contributed by atoms with E-state index >= 15 is 0 Å². The fraction of sp³-hybridized carbons (Fsp3) is 0.517. The SMILES string of the molecule is COc1ccc(C(=O)C(=O)c2cc(O)c(OC)c(OCCOCCOCCOCCOCCOCCO)c2)cc1OC. The molecule has 13 nitrogen and oxygen atoms in total. The van der Waals surface area contributed by atoms with Crippen molar-refractivity contribution >= 4 is 11.6 Å². The molecule has 234 valence electrons. The number of hydrogen-bond acceptors (Lipinski definition) is 13. The molecular formula is C29H40O13. The number of aromatic hydroxyl groups is 1. The van der Waals surface area contributed by atoms with Gasteiger partial charge < -0.3 is 52.8 Å². The highest BCUT2D eigenvalue weighted by molar-refractivity contribution is 6.49. The van der Waals surface area contributed by atoms with Crippen molar-refractivity contribution in [1.82, 2.24) is 0 Å². The molecule has 2 aromatic rings. The number of hydrogen-bond donors (Lipinski definition) is 2. The average Bonchev–Trinajstić information content (AvgIpc) is 3.01. The number of aliphatic hydroxyl groups is 1. The maximum Gasteiger partial charge on any atom is 0.233 e. The van der Waals surface area contributed by atoms with Gasteiger partial charge in [0.25, 0.3) is 0 Å². The Morgan fingerprint density at radius 2 is 1.05 bits per heavy atom. The Bertz CT molecular complexity index is 1090. The van der Waals surface area contributed by atoms with Crippen molar-refractivity contribution in [3.05, 3.63) is 41.5 Å². The molecule has 42 heavy (non-hydrogen) atoms. The second kappa shape index (κ2) is 20.4. The third kappa shape index (κ3) is 11.8. The van der Waals surface area contributed by atoms with E-state index in [0.717, 1.165) is 6.07 Å². The summed E-state index contributed by atoms with van der Waals surface area (Å²) in [7, 11) is 4.23. The van der Waals surface area contributed by atoms with Gasteiger partial charge >= 0.3 is 0 Å². The molecule has 0 saturated heterocycles. The van der Waals surface area contributed by atoms with E-state index in [4.69, 9.17) is 47.7 Å². The van der Waals surface area contributed by atoms with Gasteiger partial charge in [0.1, 0.15) is 6.61 Å². The molecule has 13 heteroatoms. The Morgan fingerprint density at radius 3 is 1.55 bits per heavy atom. The van der Waals surface area contributed by atoms with Crippen molar-refractivity contribution in [2.24, 2.45) is 0 Å². The van der Waals surface area contributed by atoms with Crippen molar-refractivity contribution in [1.29, 1.82) is 0 Å². The number of ether oxygens (including phenoxy) is 9. The molecule has 0 aliphatic rings. The van der Waals surface area contributed by atoms with E-state index in [9.17, 15) is 14.7 Å². The molecule has 0 heterocycles. The number of Topliss-reactive ketones (excluding diaryl/α,β-unsaturated/α-hetero) is 2. The molecule has 0 unspecified atom stereocenters. The molecule has 0 radical (unpaired) electrons. The fourth-order valence-corrected chi connectivity index (χ4v) is 3.53. The van der Waals surface area contributed by atoms with Crippen LogP contribution in [0.5, 0.6) is 28.7 Å². The molecule has 2 aromatic carbocycles. The zero-order valence-electron chi connectivity index (χ0n) is 24.3. The molecule has 0 fully saturated rings. The van der Waals surface area contributed by atoms with Crippen LogP contribution in [0.2, 0.25) is 0 Å². The highest BCUT2D eigenvalue weighted by atomic mass is 16.6. The highest BCUT2D eigenvalue weighted by Crippen LogP contribution is 2.38. The summed E-state index contributed by atoms with van der Waals surface area (Å²) >= 11 is 0. The minimum absolute atomic E-state index is 0.00544. The van der Waals surface area contributed by atoms with Crippen LogP contribution in [-0.4, -0.2) is 122 Å². The van der Waals surface area contributed by atoms with E-state index in [1.54, 1.807) is 0 Å². The van der Waals surface area contributed by atoms with E-state index in [1.165, 1.54) is 45.6 Å². The fourth-order valence-electron chi connectivity index (χ4n) is 3.53. The average molecular weight is 597 g/mol. The lowest BCUT2D eigenvalue weighted by atomic mass is 10.0. The van der Waals surface area contributed by atoms with Crippen LogP contribution in [-0.2, 0) is 23.7 Å². The normalized spacial score (nSPS) is 10.9. The summed E-state index contributed by atoms with van der Waals surface area (Å²) in [5, 5.41) is 19.0. The maximum absolute atomic E-state index is 12.9. The third-order valence-electron chi connectivity index (χ3n) is 5.56. The number of benzene rings is 2. The topological polar surface area (TPSA) is 158 Å². The van der Waals surface area contributed by atoms with E-state index in [2.05, 4.69) is 0 Å². The number of methoxy groups -OCH3 is 3. The Balaban J connectivity index is 1.71. The van der Waals surface area contributed by atoms with Crippen LogP contribution in [0, 0.1) is 0 Å². The Kier molecular flexibility index (Phi) is 16.9. The van der Waals surface area contributed by atoms with E-state index < -0.39 is 11.6 Å². The van der Waals surface area contributed by atoms with Crippen molar-refractivity contribution in [3.63, 3.8) is 0 Å². The van der Waals surface area contributed by atoms with Crippen LogP contribution in [0.3, 0.4) is 0 Å². The molecule has 0 amide bonds. The van der Waals surface area contributed by atoms with Gasteiger partial charge in [-0.3, -0.25) is 9.59 Å². The van der Waals surface area contributed by atoms with Gasteiger partial charge in [0.2, 0.25) is 17.3 Å². The molecule has 0 aliphatic heterocycles. The van der Waals surface area contributed by atoms with Crippen LogP contribution in [0.4, 0.5) is 0 Å². The molecule has 2 N–H and O–H groups in total. The van der Waals surface area contributed by atoms with Gasteiger partial charge in [-0.25, -0.2) is 0 Å². The van der Waals surface area contributed by atoms with E-state index in [-0.39, 0.29) is 48.2 Å². The lowest BCUT2D eigenvalue weighted by molar-refractivity contribution is -0.0147. The smallest absolute Gasteiger partial charge is 0.233 e. The van der Waals surface area contributed by atoms with Crippen molar-refractivity contribution in [2.75, 3.05) is 101 Å². The van der Waals surface area contributed by atoms with Crippen LogP contribution in [0.15, 0.2) is 30.3 Å². The third-order valence-corrected chi connectivity index (χ3v) is 5.56. The minimum Gasteiger partial charge on any atom is -0.504 e. The van der Waals surface area contributed by atoms with Gasteiger partial charge in [-0.2, -0.15) is 0 Å². The predicted octanol–water partition coefficient (Wildman–Crippen LogP) is 1.94. The first kappa shape index (κ1) is 34.7. The standard InChI is InChI=1S/C29H40O13/c1-34-24-5-4-21(19-25(24)35-2)27(32)28(33)22-18-23(31)29(36-3)26(20-22)42-17-16-41-15-14-40-13-12-39-11-10-38-9-8-37-7-6-30/h4-5,18-20,30-31H,6-17H2,1-3H3. The molecule has 0 atom stereocenters. The highest BCUT2D eigenvalue weighted by Gasteiger charge is 2.23.